The first kappa shape index (κ1) is 15.4. The fourth-order valence-electron chi connectivity index (χ4n) is 3.27. The average Bonchev–Trinajstić information content (AvgIpc) is 3.05. The SMILES string of the molecule is Cc1cccc(Nc2ncnc(N3CCc4ccccc43)c2N)c1C. The van der Waals surface area contributed by atoms with Gasteiger partial charge in [0, 0.05) is 17.9 Å². The van der Waals surface area contributed by atoms with Crippen LogP contribution in [-0.2, 0) is 6.42 Å². The molecule has 1 aliphatic rings. The van der Waals surface area contributed by atoms with Crippen LogP contribution in [0.3, 0.4) is 0 Å². The van der Waals surface area contributed by atoms with Gasteiger partial charge in [0.1, 0.15) is 12.0 Å². The van der Waals surface area contributed by atoms with Crippen molar-refractivity contribution in [1.29, 1.82) is 0 Å². The molecule has 25 heavy (non-hydrogen) atoms. The number of aromatic nitrogens is 2. The van der Waals surface area contributed by atoms with Crippen molar-refractivity contribution in [3.63, 3.8) is 0 Å². The number of para-hydroxylation sites is 1. The third kappa shape index (κ3) is 2.67. The molecule has 126 valence electrons. The van der Waals surface area contributed by atoms with Crippen LogP contribution in [0.1, 0.15) is 16.7 Å². The number of fused-ring (bicyclic) bond motifs is 1. The molecule has 0 aliphatic carbocycles. The predicted molar refractivity (Wildman–Crippen MR) is 103 cm³/mol. The monoisotopic (exact) mass is 331 g/mol. The fraction of sp³-hybridized carbons (Fsp3) is 0.200. The van der Waals surface area contributed by atoms with Crippen molar-refractivity contribution in [2.75, 3.05) is 22.5 Å². The molecule has 0 saturated carbocycles. The first-order valence-electron chi connectivity index (χ1n) is 8.44. The Morgan fingerprint density at radius 2 is 1.88 bits per heavy atom. The number of benzene rings is 2. The summed E-state index contributed by atoms with van der Waals surface area (Å²) < 4.78 is 0. The molecule has 3 N–H and O–H groups in total. The van der Waals surface area contributed by atoms with Crippen LogP contribution in [-0.4, -0.2) is 16.5 Å². The second kappa shape index (κ2) is 6.09. The lowest BCUT2D eigenvalue weighted by molar-refractivity contribution is 0.967. The van der Waals surface area contributed by atoms with E-state index >= 15 is 0 Å². The normalized spacial score (nSPS) is 13.0. The summed E-state index contributed by atoms with van der Waals surface area (Å²) in [7, 11) is 0. The molecule has 0 bridgehead atoms. The minimum atomic E-state index is 0.570. The zero-order valence-electron chi connectivity index (χ0n) is 14.5. The number of hydrogen-bond acceptors (Lipinski definition) is 5. The number of aryl methyl sites for hydroxylation is 1. The molecule has 2 heterocycles. The molecular weight excluding hydrogens is 310 g/mol. The quantitative estimate of drug-likeness (QED) is 0.756. The molecule has 0 spiro atoms. The number of hydrogen-bond donors (Lipinski definition) is 2. The molecule has 1 aliphatic heterocycles. The minimum absolute atomic E-state index is 0.570. The third-order valence-corrected chi connectivity index (χ3v) is 4.86. The van der Waals surface area contributed by atoms with Crippen molar-refractivity contribution in [1.82, 2.24) is 9.97 Å². The summed E-state index contributed by atoms with van der Waals surface area (Å²) in [6.07, 6.45) is 2.57. The second-order valence-electron chi connectivity index (χ2n) is 6.36. The summed E-state index contributed by atoms with van der Waals surface area (Å²) in [5.41, 5.74) is 12.9. The van der Waals surface area contributed by atoms with Crippen molar-refractivity contribution >= 4 is 28.7 Å². The Labute approximate surface area is 147 Å². The van der Waals surface area contributed by atoms with Gasteiger partial charge in [0.2, 0.25) is 0 Å². The number of anilines is 5. The Hall–Kier alpha value is -3.08. The summed E-state index contributed by atoms with van der Waals surface area (Å²) in [6, 6.07) is 14.5. The summed E-state index contributed by atoms with van der Waals surface area (Å²) in [6.45, 7) is 5.06. The Morgan fingerprint density at radius 1 is 1.04 bits per heavy atom. The minimum Gasteiger partial charge on any atom is -0.393 e. The molecule has 1 aromatic heterocycles. The van der Waals surface area contributed by atoms with Gasteiger partial charge in [-0.15, -0.1) is 0 Å². The van der Waals surface area contributed by atoms with Crippen LogP contribution in [0.25, 0.3) is 0 Å². The van der Waals surface area contributed by atoms with Crippen molar-refractivity contribution in [3.05, 3.63) is 65.5 Å². The summed E-state index contributed by atoms with van der Waals surface area (Å²) in [5.74, 6) is 1.40. The Kier molecular flexibility index (Phi) is 3.76. The lowest BCUT2D eigenvalue weighted by Gasteiger charge is -2.21. The van der Waals surface area contributed by atoms with E-state index in [-0.39, 0.29) is 0 Å². The van der Waals surface area contributed by atoms with Gasteiger partial charge in [-0.05, 0) is 49.1 Å². The molecule has 4 rings (SSSR count). The lowest BCUT2D eigenvalue weighted by Crippen LogP contribution is -2.17. The van der Waals surface area contributed by atoms with Gasteiger partial charge in [0.15, 0.2) is 11.6 Å². The van der Waals surface area contributed by atoms with E-state index in [9.17, 15) is 0 Å². The van der Waals surface area contributed by atoms with E-state index in [2.05, 4.69) is 58.3 Å². The van der Waals surface area contributed by atoms with Crippen molar-refractivity contribution < 1.29 is 0 Å². The molecular formula is C20H21N5. The molecule has 0 radical (unpaired) electrons. The van der Waals surface area contributed by atoms with E-state index in [0.717, 1.165) is 24.5 Å². The fourth-order valence-corrected chi connectivity index (χ4v) is 3.27. The van der Waals surface area contributed by atoms with Gasteiger partial charge in [-0.3, -0.25) is 0 Å². The van der Waals surface area contributed by atoms with E-state index < -0.39 is 0 Å². The smallest absolute Gasteiger partial charge is 0.161 e. The van der Waals surface area contributed by atoms with Gasteiger partial charge >= 0.3 is 0 Å². The van der Waals surface area contributed by atoms with Crippen LogP contribution in [0, 0.1) is 13.8 Å². The standard InChI is InChI=1S/C20H21N5/c1-13-6-5-8-16(14(13)2)24-19-18(21)20(23-12-22-19)25-11-10-15-7-3-4-9-17(15)25/h3-9,12H,10-11,21H2,1-2H3,(H,22,23,24). The molecule has 0 amide bonds. The van der Waals surface area contributed by atoms with Crippen molar-refractivity contribution in [3.8, 4) is 0 Å². The first-order chi connectivity index (χ1) is 12.1. The number of rotatable bonds is 3. The van der Waals surface area contributed by atoms with E-state index in [4.69, 9.17) is 5.73 Å². The molecule has 0 atom stereocenters. The van der Waals surface area contributed by atoms with Gasteiger partial charge in [0.25, 0.3) is 0 Å². The molecule has 5 nitrogen and oxygen atoms in total. The predicted octanol–water partition coefficient (Wildman–Crippen LogP) is 4.11. The second-order valence-corrected chi connectivity index (χ2v) is 6.36. The third-order valence-electron chi connectivity index (χ3n) is 4.86. The van der Waals surface area contributed by atoms with E-state index in [1.807, 2.05) is 18.2 Å². The van der Waals surface area contributed by atoms with Crippen LogP contribution in [0.15, 0.2) is 48.8 Å². The number of nitrogens with one attached hydrogen (secondary N) is 1. The molecule has 5 heteroatoms. The Bertz CT molecular complexity index is 935. The summed E-state index contributed by atoms with van der Waals surface area (Å²) in [4.78, 5) is 11.0. The Morgan fingerprint density at radius 3 is 2.76 bits per heavy atom. The van der Waals surface area contributed by atoms with E-state index in [1.165, 1.54) is 22.4 Å². The maximum atomic E-state index is 6.43. The highest BCUT2D eigenvalue weighted by molar-refractivity contribution is 5.83. The maximum Gasteiger partial charge on any atom is 0.161 e. The molecule has 0 fully saturated rings. The van der Waals surface area contributed by atoms with Gasteiger partial charge in [0.05, 0.1) is 0 Å². The largest absolute Gasteiger partial charge is 0.393 e. The highest BCUT2D eigenvalue weighted by Gasteiger charge is 2.24. The number of nitrogens with two attached hydrogens (primary N) is 1. The topological polar surface area (TPSA) is 67.1 Å². The molecule has 3 aromatic rings. The zero-order valence-corrected chi connectivity index (χ0v) is 14.5. The van der Waals surface area contributed by atoms with Crippen molar-refractivity contribution in [2.24, 2.45) is 0 Å². The van der Waals surface area contributed by atoms with E-state index in [1.54, 1.807) is 6.33 Å². The number of nitrogens with zero attached hydrogens (tertiary/aromatic N) is 3. The maximum absolute atomic E-state index is 6.43. The lowest BCUT2D eigenvalue weighted by atomic mass is 10.1. The van der Waals surface area contributed by atoms with Gasteiger partial charge in [-0.25, -0.2) is 9.97 Å². The van der Waals surface area contributed by atoms with E-state index in [0.29, 0.717) is 11.5 Å². The number of nitrogen functional groups attached to an aromatic ring is 1. The molecule has 2 aromatic carbocycles. The van der Waals surface area contributed by atoms with Crippen LogP contribution in [0.4, 0.5) is 28.7 Å². The van der Waals surface area contributed by atoms with Crippen LogP contribution >= 0.6 is 0 Å². The Balaban J connectivity index is 1.71. The highest BCUT2D eigenvalue weighted by Crippen LogP contribution is 2.38. The van der Waals surface area contributed by atoms with Crippen LogP contribution < -0.4 is 16.0 Å². The summed E-state index contributed by atoms with van der Waals surface area (Å²) >= 11 is 0. The highest BCUT2D eigenvalue weighted by atomic mass is 15.2. The van der Waals surface area contributed by atoms with Gasteiger partial charge in [-0.1, -0.05) is 30.3 Å². The van der Waals surface area contributed by atoms with Crippen LogP contribution in [0.2, 0.25) is 0 Å². The van der Waals surface area contributed by atoms with Crippen LogP contribution in [0.5, 0.6) is 0 Å². The zero-order chi connectivity index (χ0) is 17.4. The van der Waals surface area contributed by atoms with Crippen molar-refractivity contribution in [2.45, 2.75) is 20.3 Å². The van der Waals surface area contributed by atoms with Gasteiger partial charge < -0.3 is 16.0 Å². The molecule has 0 unspecified atom stereocenters. The first-order valence-corrected chi connectivity index (χ1v) is 8.44. The van der Waals surface area contributed by atoms with Gasteiger partial charge in [-0.2, -0.15) is 0 Å². The average molecular weight is 331 g/mol. The summed E-state index contributed by atoms with van der Waals surface area (Å²) in [5, 5.41) is 3.37. The molecule has 0 saturated heterocycles.